The largest absolute Gasteiger partial charge is 0.488 e. The molecule has 0 spiro atoms. The molecule has 1 fully saturated rings. The first-order valence-corrected chi connectivity index (χ1v) is 10.7. The van der Waals surface area contributed by atoms with E-state index in [-0.39, 0.29) is 17.8 Å². The minimum absolute atomic E-state index is 0.0966. The predicted octanol–water partition coefficient (Wildman–Crippen LogP) is 4.69. The molecular formula is C24H37NO4. The van der Waals surface area contributed by atoms with Gasteiger partial charge in [0.15, 0.2) is 0 Å². The second-order valence-corrected chi connectivity index (χ2v) is 8.78. The summed E-state index contributed by atoms with van der Waals surface area (Å²) in [6.45, 7) is 14.4. The molecule has 1 aromatic heterocycles. The Morgan fingerprint density at radius 1 is 1.10 bits per heavy atom. The molecule has 1 aliphatic rings. The second-order valence-electron chi connectivity index (χ2n) is 8.78. The van der Waals surface area contributed by atoms with Crippen LogP contribution < -0.4 is 4.74 Å². The molecule has 0 N–H and O–H groups in total. The Labute approximate surface area is 176 Å². The van der Waals surface area contributed by atoms with Gasteiger partial charge >= 0.3 is 0 Å². The normalized spacial score (nSPS) is 18.9. The highest BCUT2D eigenvalue weighted by atomic mass is 16.5. The first-order valence-electron chi connectivity index (χ1n) is 10.7. The number of nitrogens with zero attached hydrogens (tertiary/aromatic N) is 1. The van der Waals surface area contributed by atoms with Gasteiger partial charge in [0.05, 0.1) is 30.1 Å². The maximum atomic E-state index is 6.06. The van der Waals surface area contributed by atoms with Crippen LogP contribution in [0.3, 0.4) is 0 Å². The van der Waals surface area contributed by atoms with E-state index in [9.17, 15) is 0 Å². The fourth-order valence-corrected chi connectivity index (χ4v) is 2.99. The van der Waals surface area contributed by atoms with Crippen molar-refractivity contribution >= 4 is 0 Å². The quantitative estimate of drug-likeness (QED) is 0.419. The average molecular weight is 404 g/mol. The Morgan fingerprint density at radius 3 is 2.52 bits per heavy atom. The van der Waals surface area contributed by atoms with Crippen molar-refractivity contribution in [2.45, 2.75) is 91.1 Å². The van der Waals surface area contributed by atoms with Gasteiger partial charge in [-0.15, -0.1) is 0 Å². The van der Waals surface area contributed by atoms with Gasteiger partial charge in [-0.2, -0.15) is 0 Å². The van der Waals surface area contributed by atoms with Gasteiger partial charge in [0.2, 0.25) is 0 Å². The summed E-state index contributed by atoms with van der Waals surface area (Å²) in [5.41, 5.74) is 1.54. The van der Waals surface area contributed by atoms with E-state index in [0.29, 0.717) is 25.7 Å². The molecule has 1 aliphatic carbocycles. The Kier molecular flexibility index (Phi) is 9.42. The molecule has 1 heterocycles. The summed E-state index contributed by atoms with van der Waals surface area (Å²) < 4.78 is 23.1. The molecule has 0 amide bonds. The molecule has 162 valence electrons. The molecule has 1 aromatic rings. The molecule has 0 unspecified atom stereocenters. The number of aromatic nitrogens is 1. The Balaban J connectivity index is 1.65. The minimum Gasteiger partial charge on any atom is -0.488 e. The Hall–Kier alpha value is -1.61. The number of hydrogen-bond donors (Lipinski definition) is 0. The van der Waals surface area contributed by atoms with Crippen molar-refractivity contribution in [2.75, 3.05) is 19.8 Å². The summed E-state index contributed by atoms with van der Waals surface area (Å²) in [5.74, 6) is 7.06. The molecule has 29 heavy (non-hydrogen) atoms. The second kappa shape index (κ2) is 11.5. The molecule has 0 saturated heterocycles. The first kappa shape index (κ1) is 23.7. The molecule has 0 aromatic carbocycles. The topological polar surface area (TPSA) is 49.8 Å². The lowest BCUT2D eigenvalue weighted by molar-refractivity contribution is -0.126. The summed E-state index contributed by atoms with van der Waals surface area (Å²) in [7, 11) is 0. The standard InChI is InChI=1S/C24H37NO4/c1-18(2)27-15-9-14-26-13-8-7-10-20-11-12-23(19(3)25-20)28-21-16-22(17-21)29-24(4,5)6/h11-12,18,21-22H,8-9,13-17H2,1-6H3. The first-order chi connectivity index (χ1) is 13.7. The van der Waals surface area contributed by atoms with Gasteiger partial charge in [0.25, 0.3) is 0 Å². The third-order valence-corrected chi connectivity index (χ3v) is 4.37. The van der Waals surface area contributed by atoms with Crippen LogP contribution in [0.1, 0.15) is 71.7 Å². The van der Waals surface area contributed by atoms with Crippen LogP contribution in [-0.4, -0.2) is 48.7 Å². The van der Waals surface area contributed by atoms with Gasteiger partial charge in [-0.25, -0.2) is 4.98 Å². The fourth-order valence-electron chi connectivity index (χ4n) is 2.99. The van der Waals surface area contributed by atoms with Crippen molar-refractivity contribution in [2.24, 2.45) is 0 Å². The third kappa shape index (κ3) is 9.62. The Morgan fingerprint density at radius 2 is 1.86 bits per heavy atom. The third-order valence-electron chi connectivity index (χ3n) is 4.37. The van der Waals surface area contributed by atoms with Crippen molar-refractivity contribution in [3.63, 3.8) is 0 Å². The molecule has 2 rings (SSSR count). The highest BCUT2D eigenvalue weighted by molar-refractivity contribution is 5.35. The maximum absolute atomic E-state index is 6.06. The number of rotatable bonds is 10. The Bertz CT molecular complexity index is 678. The van der Waals surface area contributed by atoms with E-state index in [1.807, 2.05) is 32.9 Å². The number of aryl methyl sites for hydroxylation is 1. The highest BCUT2D eigenvalue weighted by Crippen LogP contribution is 2.31. The highest BCUT2D eigenvalue weighted by Gasteiger charge is 2.34. The van der Waals surface area contributed by atoms with Gasteiger partial charge in [-0.3, -0.25) is 0 Å². The SMILES string of the molecule is Cc1nc(C#CCCOCCCOC(C)C)ccc1OC1CC(OC(C)(C)C)C1. The summed E-state index contributed by atoms with van der Waals surface area (Å²) in [6, 6.07) is 3.89. The van der Waals surface area contributed by atoms with E-state index in [0.717, 1.165) is 43.0 Å². The molecule has 0 atom stereocenters. The molecular weight excluding hydrogens is 366 g/mol. The number of pyridine rings is 1. The van der Waals surface area contributed by atoms with E-state index in [1.54, 1.807) is 0 Å². The zero-order valence-electron chi connectivity index (χ0n) is 18.9. The summed E-state index contributed by atoms with van der Waals surface area (Å²) >= 11 is 0. The fraction of sp³-hybridized carbons (Fsp3) is 0.708. The predicted molar refractivity (Wildman–Crippen MR) is 115 cm³/mol. The van der Waals surface area contributed by atoms with Crippen LogP contribution in [-0.2, 0) is 14.2 Å². The molecule has 5 nitrogen and oxygen atoms in total. The van der Waals surface area contributed by atoms with Crippen molar-refractivity contribution in [3.05, 3.63) is 23.5 Å². The van der Waals surface area contributed by atoms with Crippen LogP contribution in [0.25, 0.3) is 0 Å². The van der Waals surface area contributed by atoms with Crippen molar-refractivity contribution in [1.82, 2.24) is 4.98 Å². The van der Waals surface area contributed by atoms with Crippen molar-refractivity contribution in [3.8, 4) is 17.6 Å². The van der Waals surface area contributed by atoms with Crippen molar-refractivity contribution in [1.29, 1.82) is 0 Å². The van der Waals surface area contributed by atoms with Crippen LogP contribution >= 0.6 is 0 Å². The van der Waals surface area contributed by atoms with Gasteiger partial charge < -0.3 is 18.9 Å². The summed E-state index contributed by atoms with van der Waals surface area (Å²) in [4.78, 5) is 4.55. The van der Waals surface area contributed by atoms with Crippen LogP contribution in [0.4, 0.5) is 0 Å². The summed E-state index contributed by atoms with van der Waals surface area (Å²) in [5, 5.41) is 0. The van der Waals surface area contributed by atoms with Gasteiger partial charge in [0, 0.05) is 32.5 Å². The number of hydrogen-bond acceptors (Lipinski definition) is 5. The molecule has 0 bridgehead atoms. The zero-order chi connectivity index (χ0) is 21.3. The van der Waals surface area contributed by atoms with E-state index >= 15 is 0 Å². The monoisotopic (exact) mass is 403 g/mol. The van der Waals surface area contributed by atoms with Gasteiger partial charge in [-0.1, -0.05) is 5.92 Å². The van der Waals surface area contributed by atoms with E-state index in [4.69, 9.17) is 18.9 Å². The average Bonchev–Trinajstić information content (AvgIpc) is 2.59. The van der Waals surface area contributed by atoms with E-state index in [2.05, 4.69) is 37.6 Å². The lowest BCUT2D eigenvalue weighted by atomic mass is 9.91. The smallest absolute Gasteiger partial charge is 0.141 e. The zero-order valence-corrected chi connectivity index (χ0v) is 18.9. The molecule has 5 heteroatoms. The van der Waals surface area contributed by atoms with Crippen LogP contribution in [0.2, 0.25) is 0 Å². The van der Waals surface area contributed by atoms with Gasteiger partial charge in [0.1, 0.15) is 17.5 Å². The minimum atomic E-state index is -0.0966. The van der Waals surface area contributed by atoms with Crippen molar-refractivity contribution < 1.29 is 18.9 Å². The molecule has 1 saturated carbocycles. The summed E-state index contributed by atoms with van der Waals surface area (Å²) in [6.07, 6.45) is 4.26. The lowest BCUT2D eigenvalue weighted by Crippen LogP contribution is -2.43. The van der Waals surface area contributed by atoms with E-state index in [1.165, 1.54) is 0 Å². The molecule has 0 radical (unpaired) electrons. The van der Waals surface area contributed by atoms with Gasteiger partial charge in [-0.05, 0) is 66.0 Å². The van der Waals surface area contributed by atoms with Crippen LogP contribution in [0, 0.1) is 18.8 Å². The molecule has 0 aliphatic heterocycles. The van der Waals surface area contributed by atoms with Crippen LogP contribution in [0.5, 0.6) is 5.75 Å². The lowest BCUT2D eigenvalue weighted by Gasteiger charge is -2.39. The number of ether oxygens (including phenoxy) is 4. The van der Waals surface area contributed by atoms with E-state index < -0.39 is 0 Å². The van der Waals surface area contributed by atoms with Crippen LogP contribution in [0.15, 0.2) is 12.1 Å². The maximum Gasteiger partial charge on any atom is 0.141 e.